The highest BCUT2D eigenvalue weighted by atomic mass is 19.4. The second-order valence-electron chi connectivity index (χ2n) is 4.77. The summed E-state index contributed by atoms with van der Waals surface area (Å²) in [4.78, 5) is 24.5. The summed E-state index contributed by atoms with van der Waals surface area (Å²) in [5.74, 6) is -0.818. The summed E-state index contributed by atoms with van der Waals surface area (Å²) in [7, 11) is 1.09. The molecule has 1 aromatic carbocycles. The molecule has 0 aliphatic carbocycles. The summed E-state index contributed by atoms with van der Waals surface area (Å²) in [5.41, 5.74) is -1.99. The minimum absolute atomic E-state index is 0.207. The molecule has 2 rings (SSSR count). The number of nitrogens with zero attached hydrogens (tertiary/aromatic N) is 2. The van der Waals surface area contributed by atoms with Gasteiger partial charge in [0.05, 0.1) is 24.3 Å². The number of carbonyl (C=O) groups excluding carboxylic acids is 2. The van der Waals surface area contributed by atoms with Crippen LogP contribution in [0.15, 0.2) is 18.2 Å². The maximum Gasteiger partial charge on any atom is 0.417 e. The van der Waals surface area contributed by atoms with Crippen LogP contribution in [0.2, 0.25) is 0 Å². The van der Waals surface area contributed by atoms with Gasteiger partial charge >= 0.3 is 18.2 Å². The smallest absolute Gasteiger partial charge is 0.417 e. The summed E-state index contributed by atoms with van der Waals surface area (Å²) < 4.78 is 48.5. The minimum atomic E-state index is -4.78. The lowest BCUT2D eigenvalue weighted by molar-refractivity contribution is -0.143. The monoisotopic (exact) mass is 328 g/mol. The maximum absolute atomic E-state index is 13.0. The lowest BCUT2D eigenvalue weighted by Crippen LogP contribution is -2.43. The number of esters is 1. The standard InChI is InChI=1S/C14H11F3N2O4/c1-7-11(12(20)22-2)19(13(21)23-7)9-4-3-8(6-18)10(5-9)14(15,16)17/h3-5,7,11H,1-2H3/t7-,11+/m0/s1. The van der Waals surface area contributed by atoms with E-state index >= 15 is 0 Å². The van der Waals surface area contributed by atoms with Crippen LogP contribution in [0.3, 0.4) is 0 Å². The molecule has 0 spiro atoms. The molecule has 122 valence electrons. The van der Waals surface area contributed by atoms with Crippen LogP contribution in [0.1, 0.15) is 18.1 Å². The Morgan fingerprint density at radius 1 is 1.43 bits per heavy atom. The number of halogens is 3. The average molecular weight is 328 g/mol. The van der Waals surface area contributed by atoms with Gasteiger partial charge < -0.3 is 9.47 Å². The summed E-state index contributed by atoms with van der Waals surface area (Å²) in [5, 5.41) is 8.78. The summed E-state index contributed by atoms with van der Waals surface area (Å²) in [6.45, 7) is 1.42. The molecule has 1 aliphatic heterocycles. The SMILES string of the molecule is COC(=O)[C@H]1[C@H](C)OC(=O)N1c1ccc(C#N)c(C(F)(F)F)c1. The molecule has 0 N–H and O–H groups in total. The number of amides is 1. The molecular weight excluding hydrogens is 317 g/mol. The lowest BCUT2D eigenvalue weighted by Gasteiger charge is -2.22. The first-order valence-electron chi connectivity index (χ1n) is 6.39. The zero-order valence-corrected chi connectivity index (χ0v) is 12.0. The Morgan fingerprint density at radius 2 is 2.09 bits per heavy atom. The summed E-state index contributed by atoms with van der Waals surface area (Å²) in [6.07, 6.45) is -6.64. The molecule has 1 fully saturated rings. The van der Waals surface area contributed by atoms with Gasteiger partial charge in [-0.25, -0.2) is 9.59 Å². The third kappa shape index (κ3) is 2.92. The largest absolute Gasteiger partial charge is 0.467 e. The normalized spacial score (nSPS) is 20.9. The third-order valence-corrected chi connectivity index (χ3v) is 3.36. The van der Waals surface area contributed by atoms with Crippen LogP contribution in [0.4, 0.5) is 23.7 Å². The molecular formula is C14H11F3N2O4. The van der Waals surface area contributed by atoms with Crippen molar-refractivity contribution < 1.29 is 32.2 Å². The number of hydrogen-bond donors (Lipinski definition) is 0. The van der Waals surface area contributed by atoms with Crippen molar-refractivity contribution in [2.24, 2.45) is 0 Å². The Hall–Kier alpha value is -2.76. The quantitative estimate of drug-likeness (QED) is 0.779. The van der Waals surface area contributed by atoms with Gasteiger partial charge in [-0.3, -0.25) is 4.90 Å². The fourth-order valence-corrected chi connectivity index (χ4v) is 2.30. The first-order valence-corrected chi connectivity index (χ1v) is 6.39. The van der Waals surface area contributed by atoms with Gasteiger partial charge in [0.2, 0.25) is 0 Å². The number of benzene rings is 1. The fraction of sp³-hybridized carbons (Fsp3) is 0.357. The van der Waals surface area contributed by atoms with Crippen molar-refractivity contribution in [3.05, 3.63) is 29.3 Å². The maximum atomic E-state index is 13.0. The molecule has 1 amide bonds. The minimum Gasteiger partial charge on any atom is -0.467 e. The van der Waals surface area contributed by atoms with E-state index in [9.17, 15) is 22.8 Å². The highest BCUT2D eigenvalue weighted by Crippen LogP contribution is 2.36. The first-order chi connectivity index (χ1) is 10.7. The zero-order chi connectivity index (χ0) is 17.4. The number of carbonyl (C=O) groups is 2. The molecule has 1 aromatic rings. The number of anilines is 1. The van der Waals surface area contributed by atoms with Gasteiger partial charge in [-0.05, 0) is 25.1 Å². The predicted octanol–water partition coefficient (Wildman–Crippen LogP) is 2.46. The van der Waals surface area contributed by atoms with E-state index in [2.05, 4.69) is 4.74 Å². The van der Waals surface area contributed by atoms with Crippen LogP contribution in [-0.2, 0) is 20.4 Å². The molecule has 1 heterocycles. The molecule has 1 aliphatic rings. The third-order valence-electron chi connectivity index (χ3n) is 3.36. The number of alkyl halides is 3. The number of ether oxygens (including phenoxy) is 2. The van der Waals surface area contributed by atoms with Crippen molar-refractivity contribution in [1.82, 2.24) is 0 Å². The van der Waals surface area contributed by atoms with Gasteiger partial charge in [-0.1, -0.05) is 0 Å². The van der Waals surface area contributed by atoms with E-state index < -0.39 is 41.5 Å². The highest BCUT2D eigenvalue weighted by molar-refractivity contribution is 5.99. The number of cyclic esters (lactones) is 1. The molecule has 1 saturated heterocycles. The molecule has 0 bridgehead atoms. The Kier molecular flexibility index (Phi) is 4.18. The molecule has 0 unspecified atom stereocenters. The second-order valence-corrected chi connectivity index (χ2v) is 4.77. The van der Waals surface area contributed by atoms with Gasteiger partial charge in [0.25, 0.3) is 0 Å². The van der Waals surface area contributed by atoms with Crippen LogP contribution in [-0.4, -0.2) is 31.3 Å². The van der Waals surface area contributed by atoms with Crippen molar-refractivity contribution >= 4 is 17.7 Å². The van der Waals surface area contributed by atoms with Crippen LogP contribution >= 0.6 is 0 Å². The van der Waals surface area contributed by atoms with E-state index in [1.54, 1.807) is 0 Å². The summed E-state index contributed by atoms with van der Waals surface area (Å²) >= 11 is 0. The molecule has 6 nitrogen and oxygen atoms in total. The van der Waals surface area contributed by atoms with E-state index in [-0.39, 0.29) is 5.69 Å². The Balaban J connectivity index is 2.54. The lowest BCUT2D eigenvalue weighted by atomic mass is 10.1. The van der Waals surface area contributed by atoms with Crippen molar-refractivity contribution in [3.8, 4) is 6.07 Å². The summed E-state index contributed by atoms with van der Waals surface area (Å²) in [6, 6.07) is 2.94. The van der Waals surface area contributed by atoms with E-state index in [1.165, 1.54) is 13.0 Å². The van der Waals surface area contributed by atoms with Crippen molar-refractivity contribution in [1.29, 1.82) is 5.26 Å². The highest BCUT2D eigenvalue weighted by Gasteiger charge is 2.46. The zero-order valence-electron chi connectivity index (χ0n) is 12.0. The van der Waals surface area contributed by atoms with Gasteiger partial charge in [-0.2, -0.15) is 18.4 Å². The number of methoxy groups -OCH3 is 1. The van der Waals surface area contributed by atoms with Gasteiger partial charge in [-0.15, -0.1) is 0 Å². The van der Waals surface area contributed by atoms with Gasteiger partial charge in [0.15, 0.2) is 6.04 Å². The predicted molar refractivity (Wildman–Crippen MR) is 70.4 cm³/mol. The second kappa shape index (κ2) is 5.79. The van der Waals surface area contributed by atoms with Crippen LogP contribution in [0, 0.1) is 11.3 Å². The average Bonchev–Trinajstić information content (AvgIpc) is 2.79. The van der Waals surface area contributed by atoms with E-state index in [0.717, 1.165) is 24.1 Å². The Bertz CT molecular complexity index is 696. The van der Waals surface area contributed by atoms with Gasteiger partial charge in [0.1, 0.15) is 6.10 Å². The van der Waals surface area contributed by atoms with Crippen LogP contribution < -0.4 is 4.90 Å². The van der Waals surface area contributed by atoms with E-state index in [4.69, 9.17) is 10.00 Å². The fourth-order valence-electron chi connectivity index (χ4n) is 2.30. The number of nitriles is 1. The molecule has 0 radical (unpaired) electrons. The van der Waals surface area contributed by atoms with Crippen molar-refractivity contribution in [3.63, 3.8) is 0 Å². The molecule has 0 saturated carbocycles. The van der Waals surface area contributed by atoms with Crippen LogP contribution in [0.25, 0.3) is 0 Å². The van der Waals surface area contributed by atoms with Crippen molar-refractivity contribution in [2.45, 2.75) is 25.2 Å². The van der Waals surface area contributed by atoms with Gasteiger partial charge in [0, 0.05) is 5.69 Å². The number of rotatable bonds is 2. The van der Waals surface area contributed by atoms with E-state index in [1.807, 2.05) is 0 Å². The first kappa shape index (κ1) is 16.6. The van der Waals surface area contributed by atoms with Crippen LogP contribution in [0.5, 0.6) is 0 Å². The molecule has 2 atom stereocenters. The molecule has 23 heavy (non-hydrogen) atoms. The van der Waals surface area contributed by atoms with Crippen molar-refractivity contribution in [2.75, 3.05) is 12.0 Å². The Morgan fingerprint density at radius 3 is 2.61 bits per heavy atom. The van der Waals surface area contributed by atoms with E-state index in [0.29, 0.717) is 6.07 Å². The Labute approximate surface area is 129 Å². The molecule has 0 aromatic heterocycles. The topological polar surface area (TPSA) is 79.6 Å². The number of hydrogen-bond acceptors (Lipinski definition) is 5. The molecule has 9 heteroatoms.